The Labute approximate surface area is 102 Å². The molecule has 1 saturated carbocycles. The van der Waals surface area contributed by atoms with Crippen LogP contribution in [0.25, 0.3) is 0 Å². The predicted molar refractivity (Wildman–Crippen MR) is 70.2 cm³/mol. The van der Waals surface area contributed by atoms with Crippen molar-refractivity contribution in [2.45, 2.75) is 32.6 Å². The average molecular weight is 242 g/mol. The van der Waals surface area contributed by atoms with Crippen LogP contribution in [-0.2, 0) is 4.74 Å². The largest absolute Gasteiger partial charge is 0.380 e. The molecule has 0 amide bonds. The van der Waals surface area contributed by atoms with Gasteiger partial charge in [-0.3, -0.25) is 4.99 Å². The number of hydrogen-bond acceptors (Lipinski definition) is 4. The molecule has 1 heterocycles. The van der Waals surface area contributed by atoms with E-state index >= 15 is 0 Å². The van der Waals surface area contributed by atoms with Crippen molar-refractivity contribution in [1.29, 1.82) is 0 Å². The van der Waals surface area contributed by atoms with Gasteiger partial charge in [0.05, 0.1) is 6.61 Å². The smallest absolute Gasteiger partial charge is 0.156 e. The lowest BCUT2D eigenvalue weighted by atomic mass is 9.89. The van der Waals surface area contributed by atoms with Gasteiger partial charge < -0.3 is 10.1 Å². The monoisotopic (exact) mass is 242 g/mol. The van der Waals surface area contributed by atoms with Crippen molar-refractivity contribution in [3.8, 4) is 0 Å². The molecule has 1 N–H and O–H groups in total. The first kappa shape index (κ1) is 12.2. The molecule has 92 valence electrons. The summed E-state index contributed by atoms with van der Waals surface area (Å²) in [6.45, 7) is 5.52. The first-order chi connectivity index (χ1) is 7.85. The van der Waals surface area contributed by atoms with E-state index in [0.717, 1.165) is 31.5 Å². The van der Waals surface area contributed by atoms with Crippen LogP contribution in [0.3, 0.4) is 0 Å². The molecule has 0 saturated heterocycles. The summed E-state index contributed by atoms with van der Waals surface area (Å²) in [7, 11) is 0. The number of thioether (sulfide) groups is 1. The van der Waals surface area contributed by atoms with Crippen molar-refractivity contribution in [2.75, 3.05) is 32.1 Å². The van der Waals surface area contributed by atoms with Crippen molar-refractivity contribution in [2.24, 2.45) is 10.4 Å². The molecule has 1 fully saturated rings. The zero-order chi connectivity index (χ0) is 11.3. The van der Waals surface area contributed by atoms with Crippen LogP contribution in [0.15, 0.2) is 4.99 Å². The van der Waals surface area contributed by atoms with Gasteiger partial charge in [-0.25, -0.2) is 0 Å². The van der Waals surface area contributed by atoms with E-state index < -0.39 is 0 Å². The maximum Gasteiger partial charge on any atom is 0.156 e. The standard InChI is InChI=1S/C12H22N2OS/c1-2-15-8-7-13-11-14-9-12(10-16-11)5-3-4-6-12/h2-10H2,1H3,(H,13,14). The Balaban J connectivity index is 1.71. The summed E-state index contributed by atoms with van der Waals surface area (Å²) in [5.74, 6) is 1.26. The molecule has 16 heavy (non-hydrogen) atoms. The van der Waals surface area contributed by atoms with Crippen molar-refractivity contribution in [1.82, 2.24) is 5.32 Å². The average Bonchev–Trinajstić information content (AvgIpc) is 2.76. The number of ether oxygens (including phenoxy) is 1. The molecule has 4 heteroatoms. The molecular formula is C12H22N2OS. The minimum atomic E-state index is 0.551. The van der Waals surface area contributed by atoms with E-state index in [-0.39, 0.29) is 0 Å². The molecule has 0 radical (unpaired) electrons. The van der Waals surface area contributed by atoms with Crippen molar-refractivity contribution < 1.29 is 4.74 Å². The van der Waals surface area contributed by atoms with Crippen molar-refractivity contribution in [3.63, 3.8) is 0 Å². The van der Waals surface area contributed by atoms with E-state index in [1.54, 1.807) is 0 Å². The van der Waals surface area contributed by atoms with Crippen LogP contribution in [0.2, 0.25) is 0 Å². The third-order valence-corrected chi connectivity index (χ3v) is 4.77. The fraction of sp³-hybridized carbons (Fsp3) is 0.917. The van der Waals surface area contributed by atoms with Crippen LogP contribution in [0.1, 0.15) is 32.6 Å². The molecule has 2 rings (SSSR count). The molecule has 0 bridgehead atoms. The van der Waals surface area contributed by atoms with Crippen LogP contribution in [0.5, 0.6) is 0 Å². The van der Waals surface area contributed by atoms with Gasteiger partial charge in [0.1, 0.15) is 0 Å². The fourth-order valence-corrected chi connectivity index (χ4v) is 3.64. The predicted octanol–water partition coefficient (Wildman–Crippen LogP) is 2.28. The van der Waals surface area contributed by atoms with Gasteiger partial charge in [-0.1, -0.05) is 24.6 Å². The van der Waals surface area contributed by atoms with E-state index in [9.17, 15) is 0 Å². The highest BCUT2D eigenvalue weighted by Gasteiger charge is 2.36. The summed E-state index contributed by atoms with van der Waals surface area (Å²) in [5.41, 5.74) is 0.551. The summed E-state index contributed by atoms with van der Waals surface area (Å²) in [6.07, 6.45) is 5.58. The van der Waals surface area contributed by atoms with E-state index in [2.05, 4.69) is 10.3 Å². The summed E-state index contributed by atoms with van der Waals surface area (Å²) >= 11 is 1.90. The molecule has 0 aromatic heterocycles. The van der Waals surface area contributed by atoms with Crippen LogP contribution >= 0.6 is 11.8 Å². The Morgan fingerprint density at radius 3 is 2.88 bits per heavy atom. The number of hydrogen-bond donors (Lipinski definition) is 1. The van der Waals surface area contributed by atoms with Crippen LogP contribution in [0, 0.1) is 5.41 Å². The van der Waals surface area contributed by atoms with Crippen molar-refractivity contribution >= 4 is 16.9 Å². The molecule has 0 aromatic carbocycles. The van der Waals surface area contributed by atoms with Gasteiger partial charge in [-0.15, -0.1) is 0 Å². The molecule has 0 atom stereocenters. The molecule has 0 aromatic rings. The van der Waals surface area contributed by atoms with Crippen LogP contribution < -0.4 is 5.32 Å². The number of nitrogens with one attached hydrogen (secondary N) is 1. The Hall–Kier alpha value is -0.220. The van der Waals surface area contributed by atoms with E-state index in [1.165, 1.54) is 31.4 Å². The van der Waals surface area contributed by atoms with Crippen molar-refractivity contribution in [3.05, 3.63) is 0 Å². The number of aliphatic imine (C=N–C) groups is 1. The van der Waals surface area contributed by atoms with Crippen LogP contribution in [0.4, 0.5) is 0 Å². The summed E-state index contributed by atoms with van der Waals surface area (Å²) < 4.78 is 5.29. The lowest BCUT2D eigenvalue weighted by molar-refractivity contribution is 0.152. The fourth-order valence-electron chi connectivity index (χ4n) is 2.46. The summed E-state index contributed by atoms with van der Waals surface area (Å²) in [6, 6.07) is 0. The number of rotatable bonds is 4. The quantitative estimate of drug-likeness (QED) is 0.768. The SMILES string of the molecule is CCOCCNC1=NCC2(CCCC2)CS1. The van der Waals surface area contributed by atoms with Gasteiger partial charge in [-0.05, 0) is 25.2 Å². The Kier molecular flexibility index (Phi) is 4.53. The second-order valence-electron chi connectivity index (χ2n) is 4.74. The number of nitrogens with zero attached hydrogens (tertiary/aromatic N) is 1. The van der Waals surface area contributed by atoms with Gasteiger partial charge in [0.15, 0.2) is 5.17 Å². The molecule has 0 unspecified atom stereocenters. The molecular weight excluding hydrogens is 220 g/mol. The molecule has 1 aliphatic heterocycles. The highest BCUT2D eigenvalue weighted by Crippen LogP contribution is 2.43. The van der Waals surface area contributed by atoms with E-state index in [1.807, 2.05) is 18.7 Å². The number of amidine groups is 1. The normalized spacial score (nSPS) is 23.4. The summed E-state index contributed by atoms with van der Waals surface area (Å²) in [5, 5.41) is 4.47. The first-order valence-electron chi connectivity index (χ1n) is 6.33. The summed E-state index contributed by atoms with van der Waals surface area (Å²) in [4.78, 5) is 4.68. The van der Waals surface area contributed by atoms with Gasteiger partial charge >= 0.3 is 0 Å². The van der Waals surface area contributed by atoms with Gasteiger partial charge in [-0.2, -0.15) is 0 Å². The zero-order valence-corrected chi connectivity index (χ0v) is 10.9. The highest BCUT2D eigenvalue weighted by atomic mass is 32.2. The Bertz CT molecular complexity index is 249. The van der Waals surface area contributed by atoms with Gasteiger partial charge in [0.2, 0.25) is 0 Å². The first-order valence-corrected chi connectivity index (χ1v) is 7.32. The minimum absolute atomic E-state index is 0.551. The minimum Gasteiger partial charge on any atom is -0.380 e. The molecule has 1 spiro atoms. The van der Waals surface area contributed by atoms with Gasteiger partial charge in [0, 0.05) is 25.4 Å². The topological polar surface area (TPSA) is 33.6 Å². The second kappa shape index (κ2) is 5.92. The zero-order valence-electron chi connectivity index (χ0n) is 10.1. The molecule has 3 nitrogen and oxygen atoms in total. The third-order valence-electron chi connectivity index (χ3n) is 3.46. The van der Waals surface area contributed by atoms with Crippen LogP contribution in [-0.4, -0.2) is 37.2 Å². The molecule has 1 aliphatic carbocycles. The Morgan fingerprint density at radius 1 is 1.44 bits per heavy atom. The van der Waals surface area contributed by atoms with E-state index in [4.69, 9.17) is 4.74 Å². The molecule has 2 aliphatic rings. The van der Waals surface area contributed by atoms with E-state index in [0.29, 0.717) is 5.41 Å². The third kappa shape index (κ3) is 3.14. The van der Waals surface area contributed by atoms with Gasteiger partial charge in [0.25, 0.3) is 0 Å². The lowest BCUT2D eigenvalue weighted by Gasteiger charge is -2.31. The maximum atomic E-state index is 5.29. The second-order valence-corrected chi connectivity index (χ2v) is 5.70. The lowest BCUT2D eigenvalue weighted by Crippen LogP contribution is -2.34. The Morgan fingerprint density at radius 2 is 2.25 bits per heavy atom. The maximum absolute atomic E-state index is 5.29. The highest BCUT2D eigenvalue weighted by molar-refractivity contribution is 8.13.